The Kier molecular flexibility index (Phi) is 4.64. The Morgan fingerprint density at radius 3 is 2.69 bits per heavy atom. The lowest BCUT2D eigenvalue weighted by Crippen LogP contribution is -2.31. The number of rotatable bonds is 3. The fourth-order valence-electron chi connectivity index (χ4n) is 3.98. The summed E-state index contributed by atoms with van der Waals surface area (Å²) >= 11 is 5.95. The van der Waals surface area contributed by atoms with Crippen molar-refractivity contribution in [2.75, 3.05) is 19.8 Å². The van der Waals surface area contributed by atoms with E-state index in [4.69, 9.17) is 21.1 Å². The normalized spacial score (nSPS) is 18.1. The standard InChI is InChI=1S/C22H20ClN3O3/c23-16-6-3-14(4-7-16)17-13-18(25-24-17)22(27)26-9-1-2-19(26)15-5-8-20-21(12-15)29-11-10-28-20/h3-8,12-13,19H,1-2,9-11H2,(H,24,25). The van der Waals surface area contributed by atoms with E-state index in [1.807, 2.05) is 47.4 Å². The second kappa shape index (κ2) is 7.44. The lowest BCUT2D eigenvalue weighted by molar-refractivity contribution is 0.0729. The van der Waals surface area contributed by atoms with Crippen LogP contribution in [0.3, 0.4) is 0 Å². The Morgan fingerprint density at radius 2 is 1.86 bits per heavy atom. The van der Waals surface area contributed by atoms with E-state index in [0.29, 0.717) is 30.5 Å². The van der Waals surface area contributed by atoms with Gasteiger partial charge in [-0.3, -0.25) is 9.89 Å². The van der Waals surface area contributed by atoms with E-state index in [1.165, 1.54) is 0 Å². The molecule has 1 unspecified atom stereocenters. The molecule has 1 fully saturated rings. The van der Waals surface area contributed by atoms with Crippen molar-refractivity contribution in [2.24, 2.45) is 0 Å². The minimum absolute atomic E-state index is 0.0145. The molecule has 6 nitrogen and oxygen atoms in total. The minimum Gasteiger partial charge on any atom is -0.486 e. The van der Waals surface area contributed by atoms with Gasteiger partial charge in [-0.05, 0) is 48.7 Å². The number of amides is 1. The summed E-state index contributed by atoms with van der Waals surface area (Å²) in [4.78, 5) is 15.1. The van der Waals surface area contributed by atoms with Crippen LogP contribution in [0.15, 0.2) is 48.5 Å². The molecule has 7 heteroatoms. The van der Waals surface area contributed by atoms with Crippen LogP contribution in [-0.4, -0.2) is 40.8 Å². The molecule has 0 aliphatic carbocycles. The van der Waals surface area contributed by atoms with Gasteiger partial charge in [-0.25, -0.2) is 0 Å². The molecule has 2 aliphatic heterocycles. The van der Waals surface area contributed by atoms with E-state index >= 15 is 0 Å². The largest absolute Gasteiger partial charge is 0.486 e. The summed E-state index contributed by atoms with van der Waals surface area (Å²) in [5.74, 6) is 1.46. The lowest BCUT2D eigenvalue weighted by atomic mass is 10.0. The van der Waals surface area contributed by atoms with E-state index < -0.39 is 0 Å². The smallest absolute Gasteiger partial charge is 0.272 e. The fraction of sp³-hybridized carbons (Fsp3) is 0.273. The van der Waals surface area contributed by atoms with Crippen LogP contribution in [0.1, 0.15) is 34.9 Å². The first-order chi connectivity index (χ1) is 14.2. The summed E-state index contributed by atoms with van der Waals surface area (Å²) in [5.41, 5.74) is 3.19. The van der Waals surface area contributed by atoms with Gasteiger partial charge in [0, 0.05) is 17.1 Å². The summed E-state index contributed by atoms with van der Waals surface area (Å²) in [7, 11) is 0. The second-order valence-corrected chi connectivity index (χ2v) is 7.67. The number of halogens is 1. The summed E-state index contributed by atoms with van der Waals surface area (Å²) in [6.45, 7) is 1.83. The highest BCUT2D eigenvalue weighted by molar-refractivity contribution is 6.30. The zero-order valence-corrected chi connectivity index (χ0v) is 16.5. The molecule has 2 aromatic carbocycles. The Balaban J connectivity index is 1.39. The molecule has 3 aromatic rings. The van der Waals surface area contributed by atoms with Gasteiger partial charge in [0.2, 0.25) is 0 Å². The minimum atomic E-state index is -0.0462. The topological polar surface area (TPSA) is 67.5 Å². The van der Waals surface area contributed by atoms with Gasteiger partial charge < -0.3 is 14.4 Å². The maximum Gasteiger partial charge on any atom is 0.272 e. The van der Waals surface area contributed by atoms with Crippen LogP contribution in [0.4, 0.5) is 0 Å². The van der Waals surface area contributed by atoms with Crippen LogP contribution >= 0.6 is 11.6 Å². The molecule has 5 rings (SSSR count). The third kappa shape index (κ3) is 3.44. The SMILES string of the molecule is O=C(c1cc(-c2ccc(Cl)cc2)n[nH]1)N1CCCC1c1ccc2c(c1)OCCO2. The van der Waals surface area contributed by atoms with Gasteiger partial charge in [0.15, 0.2) is 11.5 Å². The van der Waals surface area contributed by atoms with Crippen molar-refractivity contribution in [2.45, 2.75) is 18.9 Å². The Hall–Kier alpha value is -2.99. The molecule has 0 saturated carbocycles. The predicted octanol–water partition coefficient (Wildman–Crippen LogP) is 4.48. The maximum atomic E-state index is 13.2. The van der Waals surface area contributed by atoms with E-state index in [0.717, 1.165) is 41.2 Å². The van der Waals surface area contributed by atoms with Crippen molar-refractivity contribution in [3.8, 4) is 22.8 Å². The van der Waals surface area contributed by atoms with Crippen molar-refractivity contribution < 1.29 is 14.3 Å². The second-order valence-electron chi connectivity index (χ2n) is 7.23. The Bertz CT molecular complexity index is 1050. The van der Waals surface area contributed by atoms with Crippen LogP contribution in [0.2, 0.25) is 5.02 Å². The van der Waals surface area contributed by atoms with Gasteiger partial charge in [-0.15, -0.1) is 0 Å². The molecule has 0 bridgehead atoms. The van der Waals surface area contributed by atoms with Crippen molar-refractivity contribution >= 4 is 17.5 Å². The quantitative estimate of drug-likeness (QED) is 0.692. The highest BCUT2D eigenvalue weighted by atomic mass is 35.5. The van der Waals surface area contributed by atoms with Crippen molar-refractivity contribution in [1.82, 2.24) is 15.1 Å². The number of H-pyrrole nitrogens is 1. The average Bonchev–Trinajstić information content (AvgIpc) is 3.44. The number of likely N-dealkylation sites (tertiary alicyclic amines) is 1. The lowest BCUT2D eigenvalue weighted by Gasteiger charge is -2.26. The van der Waals surface area contributed by atoms with Crippen molar-refractivity contribution in [3.63, 3.8) is 0 Å². The summed E-state index contributed by atoms with van der Waals surface area (Å²) in [5, 5.41) is 7.88. The first kappa shape index (κ1) is 18.1. The highest BCUT2D eigenvalue weighted by Crippen LogP contribution is 2.38. The first-order valence-corrected chi connectivity index (χ1v) is 10.1. The zero-order valence-electron chi connectivity index (χ0n) is 15.7. The molecule has 1 aromatic heterocycles. The number of hydrogen-bond acceptors (Lipinski definition) is 4. The number of carbonyl (C=O) groups excluding carboxylic acids is 1. The number of aromatic amines is 1. The molecule has 2 aliphatic rings. The summed E-state index contributed by atoms with van der Waals surface area (Å²) < 4.78 is 11.3. The molecule has 0 spiro atoms. The van der Waals surface area contributed by atoms with Crippen LogP contribution in [0, 0.1) is 0 Å². The van der Waals surface area contributed by atoms with Crippen LogP contribution in [-0.2, 0) is 0 Å². The first-order valence-electron chi connectivity index (χ1n) is 9.71. The molecule has 3 heterocycles. The van der Waals surface area contributed by atoms with Gasteiger partial charge >= 0.3 is 0 Å². The van der Waals surface area contributed by atoms with Crippen LogP contribution in [0.5, 0.6) is 11.5 Å². The third-order valence-electron chi connectivity index (χ3n) is 5.41. The molecule has 1 N–H and O–H groups in total. The van der Waals surface area contributed by atoms with Gasteiger partial charge in [0.1, 0.15) is 18.9 Å². The van der Waals surface area contributed by atoms with Gasteiger partial charge in [0.05, 0.1) is 11.7 Å². The monoisotopic (exact) mass is 409 g/mol. The predicted molar refractivity (Wildman–Crippen MR) is 109 cm³/mol. The number of hydrogen-bond donors (Lipinski definition) is 1. The number of aromatic nitrogens is 2. The molecule has 1 amide bonds. The number of benzene rings is 2. The zero-order chi connectivity index (χ0) is 19.8. The maximum absolute atomic E-state index is 13.2. The fourth-order valence-corrected chi connectivity index (χ4v) is 4.10. The number of carbonyl (C=O) groups is 1. The molecular formula is C22H20ClN3O3. The number of fused-ring (bicyclic) bond motifs is 1. The van der Waals surface area contributed by atoms with E-state index in [2.05, 4.69) is 10.2 Å². The third-order valence-corrected chi connectivity index (χ3v) is 5.66. The summed E-state index contributed by atoms with van der Waals surface area (Å²) in [6.07, 6.45) is 1.88. The van der Waals surface area contributed by atoms with Crippen molar-refractivity contribution in [3.05, 3.63) is 64.8 Å². The number of ether oxygens (including phenoxy) is 2. The van der Waals surface area contributed by atoms with E-state index in [1.54, 1.807) is 6.07 Å². The summed E-state index contributed by atoms with van der Waals surface area (Å²) in [6, 6.07) is 15.2. The Morgan fingerprint density at radius 1 is 1.07 bits per heavy atom. The molecule has 1 saturated heterocycles. The van der Waals surface area contributed by atoms with Gasteiger partial charge in [-0.1, -0.05) is 29.8 Å². The number of nitrogens with one attached hydrogen (secondary N) is 1. The van der Waals surface area contributed by atoms with Gasteiger partial charge in [-0.2, -0.15) is 5.10 Å². The molecule has 29 heavy (non-hydrogen) atoms. The molecule has 148 valence electrons. The molecular weight excluding hydrogens is 390 g/mol. The molecule has 0 radical (unpaired) electrons. The molecule has 1 atom stereocenters. The van der Waals surface area contributed by atoms with Crippen LogP contribution < -0.4 is 9.47 Å². The number of nitrogens with zero attached hydrogens (tertiary/aromatic N) is 2. The van der Waals surface area contributed by atoms with Crippen molar-refractivity contribution in [1.29, 1.82) is 0 Å². The Labute approximate surface area is 173 Å². The van der Waals surface area contributed by atoms with E-state index in [9.17, 15) is 4.79 Å². The van der Waals surface area contributed by atoms with Gasteiger partial charge in [0.25, 0.3) is 5.91 Å². The average molecular weight is 410 g/mol. The van der Waals surface area contributed by atoms with Crippen LogP contribution in [0.25, 0.3) is 11.3 Å². The highest BCUT2D eigenvalue weighted by Gasteiger charge is 2.32. The van der Waals surface area contributed by atoms with E-state index in [-0.39, 0.29) is 11.9 Å².